The van der Waals surface area contributed by atoms with Gasteiger partial charge in [-0.25, -0.2) is 9.97 Å². The van der Waals surface area contributed by atoms with Crippen molar-refractivity contribution in [2.24, 2.45) is 0 Å². The Morgan fingerprint density at radius 1 is 1.00 bits per heavy atom. The number of nitrogens with zero attached hydrogens (tertiary/aromatic N) is 3. The molecule has 1 aliphatic heterocycles. The molecule has 1 fully saturated rings. The van der Waals surface area contributed by atoms with Crippen LogP contribution in [0, 0.1) is 20.8 Å². The van der Waals surface area contributed by atoms with E-state index < -0.39 is 0 Å². The van der Waals surface area contributed by atoms with Gasteiger partial charge in [-0.15, -0.1) is 12.4 Å². The molecule has 0 unspecified atom stereocenters. The standard InChI is InChI=1S/C24H28N4O.ClH/c1-16-8-11-21(17(2)14-16)27-22-19-10-9-18(3)26-23(19)25-15-20(22)24(29)28-12-6-4-5-7-13-28;/h8-11,14-15H,4-7,12-13H2,1-3H3,(H,25,26,27);1H. The maximum absolute atomic E-state index is 13.4. The first-order chi connectivity index (χ1) is 14.0. The minimum absolute atomic E-state index is 0. The summed E-state index contributed by atoms with van der Waals surface area (Å²) in [7, 11) is 0. The first-order valence-corrected chi connectivity index (χ1v) is 10.4. The van der Waals surface area contributed by atoms with Crippen molar-refractivity contribution in [1.82, 2.24) is 14.9 Å². The molecule has 3 aromatic rings. The van der Waals surface area contributed by atoms with E-state index in [4.69, 9.17) is 0 Å². The number of likely N-dealkylation sites (tertiary alicyclic amines) is 1. The summed E-state index contributed by atoms with van der Waals surface area (Å²) in [6, 6.07) is 10.3. The molecule has 30 heavy (non-hydrogen) atoms. The van der Waals surface area contributed by atoms with Crippen LogP contribution in [-0.4, -0.2) is 33.9 Å². The Bertz CT molecular complexity index is 1060. The number of halogens is 1. The van der Waals surface area contributed by atoms with Crippen molar-refractivity contribution in [3.8, 4) is 0 Å². The molecule has 1 N–H and O–H groups in total. The molecule has 0 saturated carbocycles. The van der Waals surface area contributed by atoms with Gasteiger partial charge in [-0.2, -0.15) is 0 Å². The molecule has 6 heteroatoms. The Hall–Kier alpha value is -2.66. The van der Waals surface area contributed by atoms with Crippen molar-refractivity contribution in [3.05, 3.63) is 58.9 Å². The lowest BCUT2D eigenvalue weighted by atomic mass is 10.1. The summed E-state index contributed by atoms with van der Waals surface area (Å²) in [6.07, 6.45) is 6.20. The summed E-state index contributed by atoms with van der Waals surface area (Å²) < 4.78 is 0. The third-order valence-electron chi connectivity index (χ3n) is 5.63. The second kappa shape index (κ2) is 9.43. The van der Waals surface area contributed by atoms with Crippen LogP contribution in [0.4, 0.5) is 11.4 Å². The fourth-order valence-electron chi connectivity index (χ4n) is 4.00. The van der Waals surface area contributed by atoms with Crippen LogP contribution in [0.15, 0.2) is 36.5 Å². The number of hydrogen-bond donors (Lipinski definition) is 1. The predicted octanol–water partition coefficient (Wildman–Crippen LogP) is 5.74. The summed E-state index contributed by atoms with van der Waals surface area (Å²) in [4.78, 5) is 24.5. The molecule has 0 spiro atoms. The van der Waals surface area contributed by atoms with Crippen LogP contribution in [0.25, 0.3) is 11.0 Å². The van der Waals surface area contributed by atoms with Crippen molar-refractivity contribution in [1.29, 1.82) is 0 Å². The van der Waals surface area contributed by atoms with Crippen molar-refractivity contribution in [2.45, 2.75) is 46.5 Å². The van der Waals surface area contributed by atoms with Crippen LogP contribution in [0.2, 0.25) is 0 Å². The predicted molar refractivity (Wildman–Crippen MR) is 125 cm³/mol. The summed E-state index contributed by atoms with van der Waals surface area (Å²) in [5.74, 6) is 0.0501. The van der Waals surface area contributed by atoms with Crippen molar-refractivity contribution in [3.63, 3.8) is 0 Å². The van der Waals surface area contributed by atoms with Gasteiger partial charge in [-0.3, -0.25) is 4.79 Å². The van der Waals surface area contributed by atoms with Crippen LogP contribution >= 0.6 is 12.4 Å². The Morgan fingerprint density at radius 2 is 1.73 bits per heavy atom. The summed E-state index contributed by atoms with van der Waals surface area (Å²) in [5, 5.41) is 4.41. The minimum atomic E-state index is 0. The van der Waals surface area contributed by atoms with Gasteiger partial charge in [-0.1, -0.05) is 30.5 Å². The lowest BCUT2D eigenvalue weighted by Gasteiger charge is -2.23. The van der Waals surface area contributed by atoms with Gasteiger partial charge in [0.1, 0.15) is 0 Å². The van der Waals surface area contributed by atoms with E-state index in [-0.39, 0.29) is 18.3 Å². The van der Waals surface area contributed by atoms with Crippen LogP contribution in [0.3, 0.4) is 0 Å². The number of aryl methyl sites for hydroxylation is 3. The van der Waals surface area contributed by atoms with Gasteiger partial charge in [0.25, 0.3) is 5.91 Å². The van der Waals surface area contributed by atoms with E-state index in [0.29, 0.717) is 11.2 Å². The average Bonchev–Trinajstić information content (AvgIpc) is 2.99. The normalized spacial score (nSPS) is 14.2. The summed E-state index contributed by atoms with van der Waals surface area (Å²) in [5.41, 5.74) is 6.33. The molecule has 0 radical (unpaired) electrons. The summed E-state index contributed by atoms with van der Waals surface area (Å²) in [6.45, 7) is 7.74. The lowest BCUT2D eigenvalue weighted by molar-refractivity contribution is 0.0762. The van der Waals surface area contributed by atoms with Crippen molar-refractivity contribution < 1.29 is 4.79 Å². The molecule has 1 aliphatic rings. The zero-order valence-electron chi connectivity index (χ0n) is 17.9. The Labute approximate surface area is 184 Å². The molecule has 3 heterocycles. The zero-order valence-corrected chi connectivity index (χ0v) is 18.7. The number of pyridine rings is 2. The quantitative estimate of drug-likeness (QED) is 0.582. The van der Waals surface area contributed by atoms with Crippen LogP contribution in [0.1, 0.15) is 52.9 Å². The first-order valence-electron chi connectivity index (χ1n) is 10.4. The number of carbonyl (C=O) groups excluding carboxylic acids is 1. The van der Waals surface area contributed by atoms with Crippen molar-refractivity contribution >= 4 is 40.7 Å². The number of nitrogens with one attached hydrogen (secondary N) is 1. The SMILES string of the molecule is Cc1ccc(Nc2c(C(=O)N3CCCCCC3)cnc3nc(C)ccc23)c(C)c1.Cl. The molecule has 0 bridgehead atoms. The van der Waals surface area contributed by atoms with Crippen molar-refractivity contribution in [2.75, 3.05) is 18.4 Å². The molecule has 1 aromatic carbocycles. The van der Waals surface area contributed by atoms with Gasteiger partial charge in [-0.05, 0) is 57.4 Å². The number of aromatic nitrogens is 2. The molecule has 158 valence electrons. The molecular weight excluding hydrogens is 396 g/mol. The van der Waals surface area contributed by atoms with Gasteiger partial charge in [0.05, 0.1) is 11.3 Å². The monoisotopic (exact) mass is 424 g/mol. The molecule has 1 saturated heterocycles. The van der Waals surface area contributed by atoms with E-state index in [1.165, 1.54) is 18.4 Å². The lowest BCUT2D eigenvalue weighted by Crippen LogP contribution is -2.32. The highest BCUT2D eigenvalue weighted by Crippen LogP contribution is 2.31. The Balaban J connectivity index is 0.00000256. The highest BCUT2D eigenvalue weighted by Gasteiger charge is 2.23. The van der Waals surface area contributed by atoms with Crippen LogP contribution in [-0.2, 0) is 0 Å². The second-order valence-corrected chi connectivity index (χ2v) is 8.02. The van der Waals surface area contributed by atoms with E-state index in [2.05, 4.69) is 47.3 Å². The highest BCUT2D eigenvalue weighted by molar-refractivity contribution is 6.07. The van der Waals surface area contributed by atoms with E-state index in [1.54, 1.807) is 6.20 Å². The molecule has 5 nitrogen and oxygen atoms in total. The average molecular weight is 425 g/mol. The highest BCUT2D eigenvalue weighted by atomic mass is 35.5. The van der Waals surface area contributed by atoms with Crippen LogP contribution in [0.5, 0.6) is 0 Å². The number of fused-ring (bicyclic) bond motifs is 1. The number of carbonyl (C=O) groups is 1. The van der Waals surface area contributed by atoms with E-state index in [9.17, 15) is 4.79 Å². The number of rotatable bonds is 3. The zero-order chi connectivity index (χ0) is 20.4. The first kappa shape index (κ1) is 22.0. The third-order valence-corrected chi connectivity index (χ3v) is 5.63. The number of benzene rings is 1. The van der Waals surface area contributed by atoms with E-state index >= 15 is 0 Å². The molecule has 0 aliphatic carbocycles. The second-order valence-electron chi connectivity index (χ2n) is 8.02. The van der Waals surface area contributed by atoms with Gasteiger partial charge in [0, 0.05) is 36.1 Å². The maximum atomic E-state index is 13.4. The topological polar surface area (TPSA) is 58.1 Å². The van der Waals surface area contributed by atoms with Gasteiger partial charge < -0.3 is 10.2 Å². The Kier molecular flexibility index (Phi) is 6.93. The molecule has 1 amide bonds. The van der Waals surface area contributed by atoms with E-state index in [1.807, 2.05) is 24.0 Å². The number of hydrogen-bond acceptors (Lipinski definition) is 4. The molecular formula is C24H29ClN4O. The number of anilines is 2. The summed E-state index contributed by atoms with van der Waals surface area (Å²) >= 11 is 0. The fraction of sp³-hybridized carbons (Fsp3) is 0.375. The molecule has 2 aromatic heterocycles. The van der Waals surface area contributed by atoms with Crippen LogP contribution < -0.4 is 5.32 Å². The minimum Gasteiger partial charge on any atom is -0.354 e. The largest absolute Gasteiger partial charge is 0.354 e. The third kappa shape index (κ3) is 4.57. The fourth-order valence-corrected chi connectivity index (χ4v) is 4.00. The smallest absolute Gasteiger partial charge is 0.257 e. The van der Waals surface area contributed by atoms with Gasteiger partial charge >= 0.3 is 0 Å². The molecule has 0 atom stereocenters. The van der Waals surface area contributed by atoms with E-state index in [0.717, 1.165) is 53.9 Å². The Morgan fingerprint density at radius 3 is 2.43 bits per heavy atom. The van der Waals surface area contributed by atoms with Gasteiger partial charge in [0.15, 0.2) is 5.65 Å². The van der Waals surface area contributed by atoms with Gasteiger partial charge in [0.2, 0.25) is 0 Å². The molecule has 4 rings (SSSR count). The number of amides is 1. The maximum Gasteiger partial charge on any atom is 0.257 e.